The van der Waals surface area contributed by atoms with E-state index in [0.717, 1.165) is 5.56 Å². The quantitative estimate of drug-likeness (QED) is 0.350. The van der Waals surface area contributed by atoms with Crippen LogP contribution in [0.4, 0.5) is 11.6 Å². The smallest absolute Gasteiger partial charge is 0.271 e. The molecule has 0 amide bonds. The third-order valence-corrected chi connectivity index (χ3v) is 7.77. The number of anilines is 2. The van der Waals surface area contributed by atoms with E-state index >= 15 is 0 Å². The molecule has 0 saturated carbocycles. The molecule has 0 radical (unpaired) electrons. The van der Waals surface area contributed by atoms with E-state index in [1.54, 1.807) is 38.4 Å². The fraction of sp³-hybridized carbons (Fsp3) is 0.280. The zero-order valence-electron chi connectivity index (χ0n) is 21.1. The van der Waals surface area contributed by atoms with Gasteiger partial charge in [-0.3, -0.25) is 9.36 Å². The summed E-state index contributed by atoms with van der Waals surface area (Å²) in [7, 11) is -0.756. The molecule has 3 heterocycles. The predicted molar refractivity (Wildman–Crippen MR) is 143 cm³/mol. The minimum atomic E-state index is -3.84. The lowest BCUT2D eigenvalue weighted by atomic mass is 10.2. The van der Waals surface area contributed by atoms with Gasteiger partial charge in [0.25, 0.3) is 15.6 Å². The summed E-state index contributed by atoms with van der Waals surface area (Å²) in [5, 5.41) is 3.72. The van der Waals surface area contributed by atoms with Crippen molar-refractivity contribution in [1.29, 1.82) is 0 Å². The van der Waals surface area contributed by atoms with Crippen LogP contribution in [0.2, 0.25) is 5.02 Å². The molecule has 0 aliphatic carbocycles. The second-order valence-corrected chi connectivity index (χ2v) is 11.1. The van der Waals surface area contributed by atoms with Crippen molar-refractivity contribution in [2.75, 3.05) is 19.5 Å². The number of fused-ring (bicyclic) bond motifs is 1. The first-order valence-electron chi connectivity index (χ1n) is 11.4. The molecule has 194 valence electrons. The molecule has 12 heteroatoms. The Morgan fingerprint density at radius 1 is 1.14 bits per heavy atom. The summed E-state index contributed by atoms with van der Waals surface area (Å²) in [6.07, 6.45) is 1.57. The third-order valence-electron chi connectivity index (χ3n) is 5.79. The van der Waals surface area contributed by atoms with Gasteiger partial charge in [0.15, 0.2) is 5.03 Å². The van der Waals surface area contributed by atoms with Crippen LogP contribution in [0.3, 0.4) is 0 Å². The molecule has 0 saturated heterocycles. The number of nitrogens with zero attached hydrogens (tertiary/aromatic N) is 5. The Morgan fingerprint density at radius 3 is 2.46 bits per heavy atom. The topological polar surface area (TPSA) is 119 Å². The summed E-state index contributed by atoms with van der Waals surface area (Å²) in [6, 6.07) is 11.6. The van der Waals surface area contributed by atoms with E-state index in [1.165, 1.54) is 28.1 Å². The molecule has 1 N–H and O–H groups in total. The van der Waals surface area contributed by atoms with Crippen molar-refractivity contribution < 1.29 is 13.2 Å². The molecule has 1 aromatic carbocycles. The van der Waals surface area contributed by atoms with Crippen LogP contribution in [0.15, 0.2) is 58.5 Å². The molecule has 4 aromatic rings. The zero-order valence-corrected chi connectivity index (χ0v) is 22.6. The van der Waals surface area contributed by atoms with Crippen molar-refractivity contribution in [2.24, 2.45) is 0 Å². The maximum Gasteiger partial charge on any atom is 0.271 e. The van der Waals surface area contributed by atoms with Gasteiger partial charge in [0.1, 0.15) is 16.4 Å². The maximum absolute atomic E-state index is 13.1. The summed E-state index contributed by atoms with van der Waals surface area (Å²) >= 11 is 6.09. The maximum atomic E-state index is 13.1. The van der Waals surface area contributed by atoms with E-state index in [1.807, 2.05) is 26.0 Å². The monoisotopic (exact) mass is 542 g/mol. The van der Waals surface area contributed by atoms with Gasteiger partial charge in [-0.05, 0) is 56.7 Å². The van der Waals surface area contributed by atoms with E-state index in [-0.39, 0.29) is 34.1 Å². The van der Waals surface area contributed by atoms with Gasteiger partial charge >= 0.3 is 0 Å². The summed E-state index contributed by atoms with van der Waals surface area (Å²) in [6.45, 7) is 5.60. The average Bonchev–Trinajstić information content (AvgIpc) is 2.86. The number of hydrogen-bond donors (Lipinski definition) is 1. The lowest BCUT2D eigenvalue weighted by Gasteiger charge is -2.18. The molecule has 0 fully saturated rings. The number of aryl methyl sites for hydroxylation is 1. The Balaban J connectivity index is 1.59. The molecule has 0 spiro atoms. The first-order chi connectivity index (χ1) is 17.5. The Labute approximate surface area is 220 Å². The van der Waals surface area contributed by atoms with Crippen molar-refractivity contribution in [3.05, 3.63) is 75.3 Å². The minimum absolute atomic E-state index is 0.0747. The van der Waals surface area contributed by atoms with Crippen molar-refractivity contribution in [3.63, 3.8) is 0 Å². The highest BCUT2D eigenvalue weighted by atomic mass is 35.5. The number of methoxy groups -OCH3 is 1. The molecule has 0 bridgehead atoms. The molecule has 37 heavy (non-hydrogen) atoms. The standard InChI is InChI=1S/C25H27ClN6O4S/c1-15(2)32-23-18(12-20(26)24(32)33)13-27-25(30-23)29-21-10-11-22(28-16(21)3)37(34,35)31(4)14-17-6-8-19(36-5)9-7-17/h6-13,15H,14H2,1-5H3,(H,27,29,30). The fourth-order valence-corrected chi connectivity index (χ4v) is 5.13. The van der Waals surface area contributed by atoms with Crippen LogP contribution in [0.1, 0.15) is 31.1 Å². The van der Waals surface area contributed by atoms with Gasteiger partial charge in [-0.1, -0.05) is 23.7 Å². The SMILES string of the molecule is COc1ccc(CN(C)S(=O)(=O)c2ccc(Nc3ncc4cc(Cl)c(=O)n(C(C)C)c4n3)c(C)n2)cc1. The molecule has 0 unspecified atom stereocenters. The lowest BCUT2D eigenvalue weighted by Crippen LogP contribution is -2.27. The average molecular weight is 543 g/mol. The van der Waals surface area contributed by atoms with Crippen LogP contribution < -0.4 is 15.6 Å². The van der Waals surface area contributed by atoms with Gasteiger partial charge in [-0.25, -0.2) is 18.4 Å². The molecule has 10 nitrogen and oxygen atoms in total. The Bertz CT molecular complexity index is 1620. The van der Waals surface area contributed by atoms with Crippen molar-refractivity contribution >= 4 is 44.3 Å². The molecule has 3 aromatic heterocycles. The predicted octanol–water partition coefficient (Wildman–Crippen LogP) is 4.30. The van der Waals surface area contributed by atoms with E-state index < -0.39 is 10.0 Å². The normalized spacial score (nSPS) is 11.9. The van der Waals surface area contributed by atoms with Crippen LogP contribution in [-0.4, -0.2) is 46.4 Å². The van der Waals surface area contributed by atoms with Gasteiger partial charge in [0.05, 0.1) is 18.5 Å². The largest absolute Gasteiger partial charge is 0.497 e. The summed E-state index contributed by atoms with van der Waals surface area (Å²) in [5.74, 6) is 0.932. The number of halogens is 1. The van der Waals surface area contributed by atoms with Gasteiger partial charge in [0, 0.05) is 31.2 Å². The van der Waals surface area contributed by atoms with E-state index in [9.17, 15) is 13.2 Å². The molecule has 0 aliphatic heterocycles. The van der Waals surface area contributed by atoms with Crippen LogP contribution in [0.5, 0.6) is 5.75 Å². The summed E-state index contributed by atoms with van der Waals surface area (Å²) in [5.41, 5.74) is 1.90. The number of aromatic nitrogens is 4. The number of sulfonamides is 1. The highest BCUT2D eigenvalue weighted by molar-refractivity contribution is 7.89. The molecule has 4 rings (SSSR count). The fourth-order valence-electron chi connectivity index (χ4n) is 3.79. The van der Waals surface area contributed by atoms with Crippen LogP contribution in [-0.2, 0) is 16.6 Å². The number of nitrogens with one attached hydrogen (secondary N) is 1. The molecular weight excluding hydrogens is 516 g/mol. The first-order valence-corrected chi connectivity index (χ1v) is 13.2. The highest BCUT2D eigenvalue weighted by Gasteiger charge is 2.23. The van der Waals surface area contributed by atoms with Crippen LogP contribution in [0.25, 0.3) is 11.0 Å². The lowest BCUT2D eigenvalue weighted by molar-refractivity contribution is 0.414. The highest BCUT2D eigenvalue weighted by Crippen LogP contribution is 2.24. The second-order valence-electron chi connectivity index (χ2n) is 8.75. The van der Waals surface area contributed by atoms with E-state index in [4.69, 9.17) is 16.3 Å². The zero-order chi connectivity index (χ0) is 26.9. The summed E-state index contributed by atoms with van der Waals surface area (Å²) in [4.78, 5) is 25.7. The van der Waals surface area contributed by atoms with Gasteiger partial charge in [-0.2, -0.15) is 9.29 Å². The number of ether oxygens (including phenoxy) is 1. The molecule has 0 atom stereocenters. The number of rotatable bonds is 8. The van der Waals surface area contributed by atoms with Gasteiger partial charge in [0.2, 0.25) is 5.95 Å². The van der Waals surface area contributed by atoms with E-state index in [2.05, 4.69) is 20.3 Å². The Kier molecular flexibility index (Phi) is 7.49. The van der Waals surface area contributed by atoms with Crippen LogP contribution >= 0.6 is 11.6 Å². The number of hydrogen-bond acceptors (Lipinski definition) is 8. The first kappa shape index (κ1) is 26.5. The van der Waals surface area contributed by atoms with E-state index in [0.29, 0.717) is 28.2 Å². The van der Waals surface area contributed by atoms with Gasteiger partial charge < -0.3 is 10.1 Å². The second kappa shape index (κ2) is 10.4. The number of pyridine rings is 2. The van der Waals surface area contributed by atoms with Gasteiger partial charge in [-0.15, -0.1) is 0 Å². The van der Waals surface area contributed by atoms with Crippen molar-refractivity contribution in [3.8, 4) is 5.75 Å². The Morgan fingerprint density at radius 2 is 1.84 bits per heavy atom. The van der Waals surface area contributed by atoms with Crippen molar-refractivity contribution in [2.45, 2.75) is 38.4 Å². The number of benzene rings is 1. The summed E-state index contributed by atoms with van der Waals surface area (Å²) < 4.78 is 34.2. The molecular formula is C25H27ClN6O4S. The third kappa shape index (κ3) is 5.43. The Hall–Kier alpha value is -3.54. The van der Waals surface area contributed by atoms with Crippen molar-refractivity contribution in [1.82, 2.24) is 23.8 Å². The van der Waals surface area contributed by atoms with Crippen LogP contribution in [0, 0.1) is 6.92 Å². The molecule has 0 aliphatic rings. The minimum Gasteiger partial charge on any atom is -0.497 e.